The van der Waals surface area contributed by atoms with Gasteiger partial charge in [-0.1, -0.05) is 12.8 Å². The lowest BCUT2D eigenvalue weighted by Gasteiger charge is -2.31. The molecular weight excluding hydrogens is 404 g/mol. The van der Waals surface area contributed by atoms with Crippen LogP contribution in [0.1, 0.15) is 41.6 Å². The first-order valence-electron chi connectivity index (χ1n) is 9.91. The van der Waals surface area contributed by atoms with Gasteiger partial charge in [0.05, 0.1) is 23.2 Å². The Balaban J connectivity index is 1.68. The van der Waals surface area contributed by atoms with Crippen LogP contribution in [-0.2, 0) is 20.4 Å². The van der Waals surface area contributed by atoms with Gasteiger partial charge in [-0.25, -0.2) is 8.42 Å². The van der Waals surface area contributed by atoms with Gasteiger partial charge in [-0.2, -0.15) is 0 Å². The molecule has 160 valence electrons. The van der Waals surface area contributed by atoms with Gasteiger partial charge in [0, 0.05) is 24.0 Å². The van der Waals surface area contributed by atoms with Crippen LogP contribution in [0, 0.1) is 5.92 Å². The fourth-order valence-electron chi connectivity index (χ4n) is 3.70. The van der Waals surface area contributed by atoms with E-state index < -0.39 is 9.84 Å². The first-order valence-corrected chi connectivity index (χ1v) is 11.6. The average molecular weight is 431 g/mol. The van der Waals surface area contributed by atoms with Crippen molar-refractivity contribution >= 4 is 21.7 Å². The second kappa shape index (κ2) is 9.82. The number of hydrogen-bond donors (Lipinski definition) is 3. The number of carbonyl (C=O) groups excluding carboxylic acids is 2. The molecule has 0 unspecified atom stereocenters. The summed E-state index contributed by atoms with van der Waals surface area (Å²) in [7, 11) is -3.53. The number of aromatic nitrogens is 1. The maximum atomic E-state index is 12.7. The van der Waals surface area contributed by atoms with E-state index in [-0.39, 0.29) is 41.1 Å². The maximum Gasteiger partial charge on any atom is 0.251 e. The third-order valence-corrected chi connectivity index (χ3v) is 6.98. The summed E-state index contributed by atoms with van der Waals surface area (Å²) in [4.78, 5) is 28.9. The zero-order valence-electron chi connectivity index (χ0n) is 16.6. The lowest BCUT2D eigenvalue weighted by molar-refractivity contribution is -0.126. The molecule has 3 rings (SSSR count). The van der Waals surface area contributed by atoms with E-state index in [9.17, 15) is 18.0 Å². The SMILES string of the molecule is NCNC(=O)[C@@H]1CCCC[C@@H]1NC(=O)c1ccc(S(=O)(=O)Cc2ccncc2)cc1. The van der Waals surface area contributed by atoms with Crippen LogP contribution >= 0.6 is 0 Å². The van der Waals surface area contributed by atoms with Crippen molar-refractivity contribution < 1.29 is 18.0 Å². The van der Waals surface area contributed by atoms with Gasteiger partial charge in [-0.15, -0.1) is 0 Å². The number of sulfone groups is 1. The highest BCUT2D eigenvalue weighted by Crippen LogP contribution is 2.25. The molecule has 0 bridgehead atoms. The van der Waals surface area contributed by atoms with E-state index >= 15 is 0 Å². The Bertz CT molecular complexity index is 978. The van der Waals surface area contributed by atoms with Crippen LogP contribution in [0.3, 0.4) is 0 Å². The summed E-state index contributed by atoms with van der Waals surface area (Å²) in [5.41, 5.74) is 6.39. The van der Waals surface area contributed by atoms with E-state index in [4.69, 9.17) is 5.73 Å². The van der Waals surface area contributed by atoms with Crippen LogP contribution in [0.2, 0.25) is 0 Å². The fourth-order valence-corrected chi connectivity index (χ4v) is 5.04. The number of hydrogen-bond acceptors (Lipinski definition) is 6. The summed E-state index contributed by atoms with van der Waals surface area (Å²) in [6.07, 6.45) is 6.37. The molecule has 1 saturated carbocycles. The van der Waals surface area contributed by atoms with Crippen molar-refractivity contribution in [1.82, 2.24) is 15.6 Å². The lowest BCUT2D eigenvalue weighted by Crippen LogP contribution is -2.49. The largest absolute Gasteiger partial charge is 0.349 e. The minimum atomic E-state index is -3.53. The Hall–Kier alpha value is -2.78. The Morgan fingerprint density at radius 1 is 1.03 bits per heavy atom. The van der Waals surface area contributed by atoms with Crippen molar-refractivity contribution in [2.45, 2.75) is 42.4 Å². The van der Waals surface area contributed by atoms with E-state index in [0.29, 0.717) is 24.0 Å². The van der Waals surface area contributed by atoms with Crippen molar-refractivity contribution in [3.63, 3.8) is 0 Å². The molecule has 2 amide bonds. The second-order valence-corrected chi connectivity index (χ2v) is 9.34. The number of nitrogens with one attached hydrogen (secondary N) is 2. The zero-order valence-corrected chi connectivity index (χ0v) is 17.4. The van der Waals surface area contributed by atoms with E-state index in [1.165, 1.54) is 24.3 Å². The molecule has 2 aromatic rings. The number of nitrogens with zero attached hydrogens (tertiary/aromatic N) is 1. The Kier molecular flexibility index (Phi) is 7.17. The highest BCUT2D eigenvalue weighted by Gasteiger charge is 2.32. The molecule has 30 heavy (non-hydrogen) atoms. The maximum absolute atomic E-state index is 12.7. The van der Waals surface area contributed by atoms with E-state index in [1.54, 1.807) is 24.5 Å². The van der Waals surface area contributed by atoms with Crippen LogP contribution in [0.4, 0.5) is 0 Å². The van der Waals surface area contributed by atoms with E-state index in [1.807, 2.05) is 0 Å². The number of amides is 2. The topological polar surface area (TPSA) is 131 Å². The van der Waals surface area contributed by atoms with Crippen molar-refractivity contribution in [1.29, 1.82) is 0 Å². The standard InChI is InChI=1S/C21H26N4O4S/c22-14-24-21(27)18-3-1-2-4-19(18)25-20(26)16-5-7-17(8-6-16)30(28,29)13-15-9-11-23-12-10-15/h5-12,18-19H,1-4,13-14,22H2,(H,24,27)(H,25,26)/t18-,19+/m1/s1. The van der Waals surface area contributed by atoms with Crippen molar-refractivity contribution in [3.8, 4) is 0 Å². The van der Waals surface area contributed by atoms with Gasteiger partial charge < -0.3 is 16.4 Å². The average Bonchev–Trinajstić information content (AvgIpc) is 2.75. The smallest absolute Gasteiger partial charge is 0.251 e. The van der Waals surface area contributed by atoms with Crippen molar-refractivity contribution in [2.24, 2.45) is 11.7 Å². The normalized spacial score (nSPS) is 19.1. The number of pyridine rings is 1. The van der Waals surface area contributed by atoms with E-state index in [2.05, 4.69) is 15.6 Å². The third kappa shape index (κ3) is 5.43. The van der Waals surface area contributed by atoms with Crippen molar-refractivity contribution in [3.05, 3.63) is 59.9 Å². The van der Waals surface area contributed by atoms with Crippen molar-refractivity contribution in [2.75, 3.05) is 6.67 Å². The summed E-state index contributed by atoms with van der Waals surface area (Å²) in [6.45, 7) is 0.0609. The summed E-state index contributed by atoms with van der Waals surface area (Å²) in [6, 6.07) is 8.89. The number of nitrogens with two attached hydrogens (primary N) is 1. The zero-order chi connectivity index (χ0) is 21.6. The van der Waals surface area contributed by atoms with Gasteiger partial charge >= 0.3 is 0 Å². The van der Waals surface area contributed by atoms with Crippen LogP contribution in [-0.4, -0.2) is 37.9 Å². The molecule has 0 aliphatic heterocycles. The number of carbonyl (C=O) groups is 2. The van der Waals surface area contributed by atoms with Gasteiger partial charge in [0.25, 0.3) is 5.91 Å². The summed E-state index contributed by atoms with van der Waals surface area (Å²) < 4.78 is 25.2. The quantitative estimate of drug-likeness (QED) is 0.569. The summed E-state index contributed by atoms with van der Waals surface area (Å²) in [5.74, 6) is -0.932. The van der Waals surface area contributed by atoms with E-state index in [0.717, 1.165) is 12.8 Å². The molecule has 0 radical (unpaired) electrons. The molecule has 0 saturated heterocycles. The van der Waals surface area contributed by atoms with Gasteiger partial charge in [0.1, 0.15) is 0 Å². The van der Waals surface area contributed by atoms with Crippen LogP contribution in [0.25, 0.3) is 0 Å². The predicted molar refractivity (Wildman–Crippen MR) is 112 cm³/mol. The minimum absolute atomic E-state index is 0.0609. The van der Waals surface area contributed by atoms with Gasteiger partial charge in [-0.3, -0.25) is 14.6 Å². The second-order valence-electron chi connectivity index (χ2n) is 7.35. The lowest BCUT2D eigenvalue weighted by atomic mass is 9.83. The van der Waals surface area contributed by atoms with Crippen LogP contribution < -0.4 is 16.4 Å². The minimum Gasteiger partial charge on any atom is -0.349 e. The molecule has 1 aromatic carbocycles. The van der Waals surface area contributed by atoms with Gasteiger partial charge in [0.2, 0.25) is 5.91 Å². The molecule has 1 fully saturated rings. The number of rotatable bonds is 7. The monoisotopic (exact) mass is 430 g/mol. The first-order chi connectivity index (χ1) is 14.4. The molecule has 9 heteroatoms. The summed E-state index contributed by atoms with van der Waals surface area (Å²) >= 11 is 0. The van der Waals surface area contributed by atoms with Gasteiger partial charge in [0.15, 0.2) is 9.84 Å². The van der Waals surface area contributed by atoms with Gasteiger partial charge in [-0.05, 0) is 54.8 Å². The Labute approximate surface area is 176 Å². The summed E-state index contributed by atoms with van der Waals surface area (Å²) in [5, 5.41) is 5.54. The van der Waals surface area contributed by atoms with Crippen LogP contribution in [0.5, 0.6) is 0 Å². The highest BCUT2D eigenvalue weighted by atomic mass is 32.2. The molecule has 1 aliphatic rings. The Morgan fingerprint density at radius 3 is 2.37 bits per heavy atom. The number of benzene rings is 1. The molecule has 8 nitrogen and oxygen atoms in total. The molecule has 1 heterocycles. The highest BCUT2D eigenvalue weighted by molar-refractivity contribution is 7.90. The predicted octanol–water partition coefficient (Wildman–Crippen LogP) is 1.38. The molecule has 1 aliphatic carbocycles. The fraction of sp³-hybridized carbons (Fsp3) is 0.381. The Morgan fingerprint density at radius 2 is 1.70 bits per heavy atom. The van der Waals surface area contributed by atoms with Crippen LogP contribution in [0.15, 0.2) is 53.7 Å². The molecule has 0 spiro atoms. The third-order valence-electron chi connectivity index (χ3n) is 5.28. The first kappa shape index (κ1) is 21.9. The molecule has 2 atom stereocenters. The molecule has 4 N–H and O–H groups in total. The molecule has 1 aromatic heterocycles. The molecular formula is C21H26N4O4S.